The lowest BCUT2D eigenvalue weighted by Crippen LogP contribution is -2.23. The molecule has 0 aromatic carbocycles. The maximum absolute atomic E-state index is 3.99. The number of nitrogens with zero attached hydrogens (tertiary/aromatic N) is 1. The minimum Gasteiger partial charge on any atom is -0.302 e. The summed E-state index contributed by atoms with van der Waals surface area (Å²) >= 11 is 0. The zero-order valence-electron chi connectivity index (χ0n) is 14.0. The van der Waals surface area contributed by atoms with Crippen LogP contribution in [0.5, 0.6) is 0 Å². The Bertz CT molecular complexity index is 265. The molecule has 0 spiro atoms. The van der Waals surface area contributed by atoms with Gasteiger partial charge in [0.25, 0.3) is 0 Å². The molecule has 19 heavy (non-hydrogen) atoms. The summed E-state index contributed by atoms with van der Waals surface area (Å²) in [5.41, 5.74) is 2.83. The monoisotopic (exact) mass is 265 g/mol. The van der Waals surface area contributed by atoms with Crippen LogP contribution in [0.4, 0.5) is 0 Å². The van der Waals surface area contributed by atoms with Gasteiger partial charge in [0.05, 0.1) is 0 Å². The van der Waals surface area contributed by atoms with E-state index >= 15 is 0 Å². The molecule has 0 aromatic rings. The van der Waals surface area contributed by atoms with Gasteiger partial charge in [-0.3, -0.25) is 0 Å². The fourth-order valence-electron chi connectivity index (χ4n) is 2.67. The summed E-state index contributed by atoms with van der Waals surface area (Å²) in [5, 5.41) is 0. The van der Waals surface area contributed by atoms with E-state index < -0.39 is 0 Å². The summed E-state index contributed by atoms with van der Waals surface area (Å²) in [6.45, 7) is 15.1. The Morgan fingerprint density at radius 1 is 1.16 bits per heavy atom. The first-order valence-electron chi connectivity index (χ1n) is 7.98. The normalized spacial score (nSPS) is 13.9. The van der Waals surface area contributed by atoms with E-state index in [1.54, 1.807) is 5.57 Å². The van der Waals surface area contributed by atoms with Gasteiger partial charge in [-0.15, -0.1) is 0 Å². The van der Waals surface area contributed by atoms with Crippen molar-refractivity contribution in [2.75, 3.05) is 20.1 Å². The first kappa shape index (κ1) is 18.4. The summed E-state index contributed by atoms with van der Waals surface area (Å²) in [7, 11) is 2.21. The molecule has 0 aliphatic heterocycles. The van der Waals surface area contributed by atoms with Crippen molar-refractivity contribution in [1.82, 2.24) is 4.90 Å². The molecule has 1 unspecified atom stereocenters. The third-order valence-corrected chi connectivity index (χ3v) is 3.66. The lowest BCUT2D eigenvalue weighted by molar-refractivity contribution is 0.302. The van der Waals surface area contributed by atoms with Crippen molar-refractivity contribution >= 4 is 0 Å². The smallest absolute Gasteiger partial charge is 0.0184 e. The van der Waals surface area contributed by atoms with Crippen molar-refractivity contribution in [3.63, 3.8) is 0 Å². The number of hydrogen-bond acceptors (Lipinski definition) is 1. The fourth-order valence-corrected chi connectivity index (χ4v) is 2.67. The van der Waals surface area contributed by atoms with Crippen LogP contribution in [-0.4, -0.2) is 25.0 Å². The van der Waals surface area contributed by atoms with Gasteiger partial charge in [-0.25, -0.2) is 0 Å². The van der Waals surface area contributed by atoms with E-state index in [0.29, 0.717) is 0 Å². The predicted molar refractivity (Wildman–Crippen MR) is 88.6 cm³/mol. The van der Waals surface area contributed by atoms with Crippen LogP contribution in [0, 0.1) is 5.92 Å². The fraction of sp³-hybridized carbons (Fsp3) is 0.778. The molecule has 0 aliphatic rings. The molecular weight excluding hydrogens is 230 g/mol. The standard InChI is InChI=1S/C18H35N/c1-7-9-17(5)11-12-18(10-8-2)13-14-19(6)15-16(3)4/h9,18H,3,7-8,10-15H2,1-2,4-6H3. The lowest BCUT2D eigenvalue weighted by Gasteiger charge is -2.21. The molecule has 0 radical (unpaired) electrons. The molecule has 1 nitrogen and oxygen atoms in total. The molecule has 0 fully saturated rings. The highest BCUT2D eigenvalue weighted by Crippen LogP contribution is 2.21. The minimum atomic E-state index is 0.887. The van der Waals surface area contributed by atoms with E-state index in [-0.39, 0.29) is 0 Å². The van der Waals surface area contributed by atoms with E-state index in [2.05, 4.69) is 52.3 Å². The van der Waals surface area contributed by atoms with Crippen molar-refractivity contribution in [1.29, 1.82) is 0 Å². The third kappa shape index (κ3) is 11.0. The van der Waals surface area contributed by atoms with Crippen molar-refractivity contribution in [3.8, 4) is 0 Å². The van der Waals surface area contributed by atoms with E-state index in [1.165, 1.54) is 50.6 Å². The summed E-state index contributed by atoms with van der Waals surface area (Å²) in [6, 6.07) is 0. The number of allylic oxidation sites excluding steroid dienone is 2. The number of rotatable bonds is 11. The van der Waals surface area contributed by atoms with Crippen molar-refractivity contribution in [3.05, 3.63) is 23.8 Å². The van der Waals surface area contributed by atoms with Gasteiger partial charge in [0, 0.05) is 6.54 Å². The molecule has 0 heterocycles. The molecule has 0 N–H and O–H groups in total. The highest BCUT2D eigenvalue weighted by molar-refractivity contribution is 4.97. The first-order chi connectivity index (χ1) is 8.99. The van der Waals surface area contributed by atoms with Gasteiger partial charge >= 0.3 is 0 Å². The van der Waals surface area contributed by atoms with Gasteiger partial charge in [-0.2, -0.15) is 0 Å². The SMILES string of the molecule is C=C(C)CN(C)CCC(CCC)CCC(C)=CCC. The third-order valence-electron chi connectivity index (χ3n) is 3.66. The Morgan fingerprint density at radius 2 is 1.84 bits per heavy atom. The molecule has 112 valence electrons. The van der Waals surface area contributed by atoms with Crippen molar-refractivity contribution < 1.29 is 0 Å². The molecule has 0 aromatic heterocycles. The average molecular weight is 265 g/mol. The Hall–Kier alpha value is -0.560. The second-order valence-electron chi connectivity index (χ2n) is 6.14. The van der Waals surface area contributed by atoms with Gasteiger partial charge in [0.15, 0.2) is 0 Å². The molecule has 0 bridgehead atoms. The molecule has 1 atom stereocenters. The molecule has 0 amide bonds. The molecule has 0 rings (SSSR count). The Kier molecular flexibility index (Phi) is 10.9. The van der Waals surface area contributed by atoms with Crippen molar-refractivity contribution in [2.24, 2.45) is 5.92 Å². The average Bonchev–Trinajstić information content (AvgIpc) is 2.32. The molecule has 0 aliphatic carbocycles. The van der Waals surface area contributed by atoms with E-state index in [0.717, 1.165) is 12.5 Å². The van der Waals surface area contributed by atoms with Crippen LogP contribution in [0.1, 0.15) is 66.2 Å². The van der Waals surface area contributed by atoms with Crippen molar-refractivity contribution in [2.45, 2.75) is 66.2 Å². The quantitative estimate of drug-likeness (QED) is 0.450. The highest BCUT2D eigenvalue weighted by Gasteiger charge is 2.09. The Morgan fingerprint density at radius 3 is 2.37 bits per heavy atom. The van der Waals surface area contributed by atoms with Crippen LogP contribution in [0.2, 0.25) is 0 Å². The van der Waals surface area contributed by atoms with Gasteiger partial charge in [0.2, 0.25) is 0 Å². The molecule has 0 saturated carbocycles. The van der Waals surface area contributed by atoms with E-state index in [9.17, 15) is 0 Å². The van der Waals surface area contributed by atoms with Crippen LogP contribution < -0.4 is 0 Å². The van der Waals surface area contributed by atoms with Gasteiger partial charge < -0.3 is 4.90 Å². The van der Waals surface area contributed by atoms with E-state index in [4.69, 9.17) is 0 Å². The molecule has 1 heteroatoms. The summed E-state index contributed by atoms with van der Waals surface area (Å²) in [4.78, 5) is 2.40. The highest BCUT2D eigenvalue weighted by atomic mass is 15.1. The van der Waals surface area contributed by atoms with Gasteiger partial charge in [-0.1, -0.05) is 50.5 Å². The molecular formula is C18H35N. The Labute approximate surface area is 121 Å². The van der Waals surface area contributed by atoms with Gasteiger partial charge in [0.1, 0.15) is 0 Å². The van der Waals surface area contributed by atoms with Crippen LogP contribution in [-0.2, 0) is 0 Å². The number of hydrogen-bond donors (Lipinski definition) is 0. The summed E-state index contributed by atoms with van der Waals surface area (Å²) in [6.07, 6.45) is 10.2. The second kappa shape index (κ2) is 11.3. The first-order valence-corrected chi connectivity index (χ1v) is 7.98. The maximum atomic E-state index is 3.99. The largest absolute Gasteiger partial charge is 0.302 e. The van der Waals surface area contributed by atoms with Gasteiger partial charge in [-0.05, 0) is 59.0 Å². The predicted octanol–water partition coefficient (Wildman–Crippen LogP) is 5.44. The van der Waals surface area contributed by atoms with Crippen LogP contribution >= 0.6 is 0 Å². The van der Waals surface area contributed by atoms with Crippen LogP contribution in [0.25, 0.3) is 0 Å². The molecule has 0 saturated heterocycles. The second-order valence-corrected chi connectivity index (χ2v) is 6.14. The maximum Gasteiger partial charge on any atom is 0.0184 e. The van der Waals surface area contributed by atoms with Crippen LogP contribution in [0.15, 0.2) is 23.8 Å². The lowest BCUT2D eigenvalue weighted by atomic mass is 9.92. The summed E-state index contributed by atoms with van der Waals surface area (Å²) in [5.74, 6) is 0.887. The topological polar surface area (TPSA) is 3.24 Å². The Balaban J connectivity index is 4.04. The summed E-state index contributed by atoms with van der Waals surface area (Å²) < 4.78 is 0. The van der Waals surface area contributed by atoms with E-state index in [1.807, 2.05) is 0 Å². The van der Waals surface area contributed by atoms with Crippen LogP contribution in [0.3, 0.4) is 0 Å². The zero-order valence-corrected chi connectivity index (χ0v) is 14.0. The number of likely N-dealkylation sites (N-methyl/N-ethyl adjacent to an activating group) is 1. The minimum absolute atomic E-state index is 0.887. The zero-order chi connectivity index (χ0) is 14.7.